The molecule has 4 atom stereocenters. The van der Waals surface area contributed by atoms with Gasteiger partial charge in [0, 0.05) is 49.4 Å². The highest BCUT2D eigenvalue weighted by Crippen LogP contribution is 2.60. The molecule has 0 amide bonds. The molecule has 4 aliphatic rings. The van der Waals surface area contributed by atoms with Gasteiger partial charge >= 0.3 is 0 Å². The first-order chi connectivity index (χ1) is 13.7. The Kier molecular flexibility index (Phi) is 4.81. The summed E-state index contributed by atoms with van der Waals surface area (Å²) in [6, 6.07) is 0.865. The van der Waals surface area contributed by atoms with Crippen molar-refractivity contribution in [1.29, 1.82) is 0 Å². The molecule has 2 N–H and O–H groups in total. The van der Waals surface area contributed by atoms with E-state index in [4.69, 9.17) is 9.73 Å². The quantitative estimate of drug-likeness (QED) is 0.612. The SMILES string of the molecule is CCN=C(NC1CCc2nc(CC)nn2C1)NC1C2CCOC2C12CCCC2. The van der Waals surface area contributed by atoms with Gasteiger partial charge in [-0.15, -0.1) is 0 Å². The van der Waals surface area contributed by atoms with E-state index in [1.54, 1.807) is 0 Å². The lowest BCUT2D eigenvalue weighted by atomic mass is 9.54. The molecular weight excluding hydrogens is 352 g/mol. The van der Waals surface area contributed by atoms with E-state index < -0.39 is 0 Å². The third kappa shape index (κ3) is 2.93. The maximum absolute atomic E-state index is 6.14. The van der Waals surface area contributed by atoms with Crippen LogP contribution in [0.4, 0.5) is 0 Å². The molecule has 2 aliphatic carbocycles. The molecule has 7 nitrogen and oxygen atoms in total. The molecule has 154 valence electrons. The van der Waals surface area contributed by atoms with E-state index in [1.165, 1.54) is 32.1 Å². The molecule has 0 aromatic carbocycles. The number of aliphatic imine (C=N–C) groups is 1. The van der Waals surface area contributed by atoms with Crippen molar-refractivity contribution in [1.82, 2.24) is 25.4 Å². The van der Waals surface area contributed by atoms with Crippen molar-refractivity contribution >= 4 is 5.96 Å². The molecule has 1 spiro atoms. The van der Waals surface area contributed by atoms with E-state index in [2.05, 4.69) is 39.2 Å². The number of guanidine groups is 1. The third-order valence-electron chi connectivity index (χ3n) is 7.45. The summed E-state index contributed by atoms with van der Waals surface area (Å²) in [6.45, 7) is 6.82. The van der Waals surface area contributed by atoms with Gasteiger partial charge in [-0.05, 0) is 32.6 Å². The lowest BCUT2D eigenvalue weighted by molar-refractivity contribution is -0.125. The van der Waals surface area contributed by atoms with Gasteiger partial charge in [-0.2, -0.15) is 5.10 Å². The normalized spacial score (nSPS) is 33.4. The van der Waals surface area contributed by atoms with E-state index >= 15 is 0 Å². The minimum Gasteiger partial charge on any atom is -0.377 e. The summed E-state index contributed by atoms with van der Waals surface area (Å²) in [4.78, 5) is 9.43. The van der Waals surface area contributed by atoms with Gasteiger partial charge in [0.15, 0.2) is 11.8 Å². The Hall–Kier alpha value is -1.63. The molecule has 1 aromatic rings. The second kappa shape index (κ2) is 7.32. The smallest absolute Gasteiger partial charge is 0.191 e. The number of nitrogens with one attached hydrogen (secondary N) is 2. The number of rotatable bonds is 4. The maximum Gasteiger partial charge on any atom is 0.191 e. The summed E-state index contributed by atoms with van der Waals surface area (Å²) in [5, 5.41) is 12.2. The number of aryl methyl sites for hydroxylation is 2. The zero-order valence-electron chi connectivity index (χ0n) is 17.3. The molecule has 1 aromatic heterocycles. The van der Waals surface area contributed by atoms with Crippen LogP contribution in [0.15, 0.2) is 4.99 Å². The van der Waals surface area contributed by atoms with Crippen LogP contribution in [-0.2, 0) is 24.1 Å². The Labute approximate surface area is 167 Å². The molecule has 1 saturated heterocycles. The first-order valence-electron chi connectivity index (χ1n) is 11.3. The van der Waals surface area contributed by atoms with Crippen molar-refractivity contribution in [3.63, 3.8) is 0 Å². The highest BCUT2D eigenvalue weighted by molar-refractivity contribution is 5.80. The minimum absolute atomic E-state index is 0.346. The Morgan fingerprint density at radius 3 is 2.89 bits per heavy atom. The molecule has 3 fully saturated rings. The summed E-state index contributed by atoms with van der Waals surface area (Å²) >= 11 is 0. The highest BCUT2D eigenvalue weighted by atomic mass is 16.5. The molecular formula is C21H34N6O. The number of ether oxygens (including phenoxy) is 1. The number of hydrogen-bond acceptors (Lipinski definition) is 4. The lowest BCUT2D eigenvalue weighted by Crippen LogP contribution is -2.69. The Bertz CT molecular complexity index is 737. The van der Waals surface area contributed by atoms with E-state index in [0.717, 1.165) is 56.6 Å². The van der Waals surface area contributed by atoms with Crippen LogP contribution in [0, 0.1) is 11.3 Å². The van der Waals surface area contributed by atoms with Crippen LogP contribution in [-0.4, -0.2) is 52.1 Å². The van der Waals surface area contributed by atoms with Crippen LogP contribution in [0.2, 0.25) is 0 Å². The highest BCUT2D eigenvalue weighted by Gasteiger charge is 2.65. The van der Waals surface area contributed by atoms with Crippen LogP contribution >= 0.6 is 0 Å². The zero-order valence-corrected chi connectivity index (χ0v) is 17.3. The average Bonchev–Trinajstić information content (AvgIpc) is 3.43. The minimum atomic E-state index is 0.346. The topological polar surface area (TPSA) is 76.4 Å². The van der Waals surface area contributed by atoms with Gasteiger partial charge in [-0.1, -0.05) is 19.8 Å². The van der Waals surface area contributed by atoms with E-state index in [-0.39, 0.29) is 0 Å². The average molecular weight is 387 g/mol. The summed E-state index contributed by atoms with van der Waals surface area (Å²) < 4.78 is 8.23. The van der Waals surface area contributed by atoms with Gasteiger partial charge in [0.25, 0.3) is 0 Å². The fourth-order valence-corrected chi connectivity index (χ4v) is 6.16. The van der Waals surface area contributed by atoms with Crippen molar-refractivity contribution < 1.29 is 4.74 Å². The lowest BCUT2D eigenvalue weighted by Gasteiger charge is -2.57. The standard InChI is InChI=1S/C21H34N6O/c1-3-16-24-17-8-7-14(13-27(17)26-16)23-20(22-4-2)25-18-15-9-12-28-19(15)21(18)10-5-6-11-21/h14-15,18-19H,3-13H2,1-2H3,(H2,22,23,25). The number of nitrogens with zero attached hydrogens (tertiary/aromatic N) is 4. The van der Waals surface area contributed by atoms with Crippen LogP contribution in [0.25, 0.3) is 0 Å². The van der Waals surface area contributed by atoms with Gasteiger partial charge in [-0.3, -0.25) is 4.99 Å². The second-order valence-corrected chi connectivity index (χ2v) is 8.99. The molecule has 3 heterocycles. The third-order valence-corrected chi connectivity index (χ3v) is 7.45. The van der Waals surface area contributed by atoms with Crippen LogP contribution in [0.5, 0.6) is 0 Å². The summed E-state index contributed by atoms with van der Waals surface area (Å²) in [5.74, 6) is 3.73. The Balaban J connectivity index is 1.27. The van der Waals surface area contributed by atoms with Gasteiger partial charge in [0.05, 0.1) is 12.6 Å². The predicted molar refractivity (Wildman–Crippen MR) is 108 cm³/mol. The van der Waals surface area contributed by atoms with E-state index in [1.807, 2.05) is 0 Å². The summed E-state index contributed by atoms with van der Waals surface area (Å²) in [6.07, 6.45) is 9.92. The maximum atomic E-state index is 6.14. The fourth-order valence-electron chi connectivity index (χ4n) is 6.16. The first kappa shape index (κ1) is 18.4. The Morgan fingerprint density at radius 1 is 1.25 bits per heavy atom. The molecule has 5 rings (SSSR count). The van der Waals surface area contributed by atoms with Crippen LogP contribution in [0.1, 0.15) is 64.0 Å². The van der Waals surface area contributed by atoms with Crippen molar-refractivity contribution in [2.75, 3.05) is 13.2 Å². The van der Waals surface area contributed by atoms with Gasteiger partial charge in [0.1, 0.15) is 5.82 Å². The molecule has 28 heavy (non-hydrogen) atoms. The van der Waals surface area contributed by atoms with Gasteiger partial charge < -0.3 is 15.4 Å². The van der Waals surface area contributed by atoms with Crippen LogP contribution in [0.3, 0.4) is 0 Å². The van der Waals surface area contributed by atoms with Gasteiger partial charge in [-0.25, -0.2) is 9.67 Å². The second-order valence-electron chi connectivity index (χ2n) is 8.99. The van der Waals surface area contributed by atoms with E-state index in [0.29, 0.717) is 29.5 Å². The van der Waals surface area contributed by atoms with Crippen LogP contribution < -0.4 is 10.6 Å². The predicted octanol–water partition coefficient (Wildman–Crippen LogP) is 2.06. The summed E-state index contributed by atoms with van der Waals surface area (Å²) in [5.41, 5.74) is 0.346. The fraction of sp³-hybridized carbons (Fsp3) is 0.857. The molecule has 4 unspecified atom stereocenters. The first-order valence-corrected chi connectivity index (χ1v) is 11.3. The molecule has 2 saturated carbocycles. The van der Waals surface area contributed by atoms with Crippen molar-refractivity contribution in [3.8, 4) is 0 Å². The van der Waals surface area contributed by atoms with Crippen molar-refractivity contribution in [2.45, 2.75) is 89.9 Å². The monoisotopic (exact) mass is 386 g/mol. The Morgan fingerprint density at radius 2 is 2.11 bits per heavy atom. The molecule has 0 radical (unpaired) electrons. The number of fused-ring (bicyclic) bond motifs is 3. The molecule has 2 aliphatic heterocycles. The summed E-state index contributed by atoms with van der Waals surface area (Å²) in [7, 11) is 0. The molecule has 7 heteroatoms. The van der Waals surface area contributed by atoms with Gasteiger partial charge in [0.2, 0.25) is 0 Å². The van der Waals surface area contributed by atoms with Crippen molar-refractivity contribution in [3.05, 3.63) is 11.6 Å². The number of aromatic nitrogens is 3. The molecule has 0 bridgehead atoms. The zero-order chi connectivity index (χ0) is 19.1. The van der Waals surface area contributed by atoms with Crippen molar-refractivity contribution in [2.24, 2.45) is 16.3 Å². The largest absolute Gasteiger partial charge is 0.377 e. The van der Waals surface area contributed by atoms with E-state index in [9.17, 15) is 0 Å². The number of hydrogen-bond donors (Lipinski definition) is 2.